The van der Waals surface area contributed by atoms with Crippen LogP contribution in [0.25, 0.3) is 0 Å². The highest BCUT2D eigenvalue weighted by molar-refractivity contribution is 7.90. The molecule has 0 aliphatic heterocycles. The third-order valence-electron chi connectivity index (χ3n) is 5.57. The van der Waals surface area contributed by atoms with E-state index in [9.17, 15) is 35.5 Å². The van der Waals surface area contributed by atoms with Crippen molar-refractivity contribution in [1.29, 1.82) is 0 Å². The number of nitrogens with two attached hydrogens (primary N) is 1. The van der Waals surface area contributed by atoms with Crippen LogP contribution in [0.5, 0.6) is 0 Å². The molecule has 2 aromatic rings. The van der Waals surface area contributed by atoms with Crippen LogP contribution in [0.1, 0.15) is 26.3 Å². The van der Waals surface area contributed by atoms with Crippen molar-refractivity contribution in [3.05, 3.63) is 81.5 Å². The molecule has 0 bridgehead atoms. The molecule has 2 unspecified atom stereocenters. The van der Waals surface area contributed by atoms with Crippen LogP contribution in [0.15, 0.2) is 69.7 Å². The number of hydrogen-bond acceptors (Lipinski definition) is 8. The number of hydrogen-bond donors (Lipinski definition) is 4. The summed E-state index contributed by atoms with van der Waals surface area (Å²) in [6.07, 6.45) is 0.887. The monoisotopic (exact) mass is 490 g/mol. The summed E-state index contributed by atoms with van der Waals surface area (Å²) in [6, 6.07) is 9.96. The lowest BCUT2D eigenvalue weighted by Crippen LogP contribution is -2.44. The van der Waals surface area contributed by atoms with Crippen LogP contribution in [0.4, 0.5) is 5.69 Å². The second kappa shape index (κ2) is 7.63. The first-order valence-electron chi connectivity index (χ1n) is 9.52. The minimum Gasteiger partial charge on any atom is -0.400 e. The van der Waals surface area contributed by atoms with E-state index in [-0.39, 0.29) is 22.5 Å². The summed E-state index contributed by atoms with van der Waals surface area (Å²) in [6.45, 7) is 1.59. The minimum atomic E-state index is -4.91. The number of anilines is 1. The van der Waals surface area contributed by atoms with Gasteiger partial charge in [-0.15, -0.1) is 0 Å². The van der Waals surface area contributed by atoms with Gasteiger partial charge < -0.3 is 11.1 Å². The lowest BCUT2D eigenvalue weighted by Gasteiger charge is -2.36. The number of nitrogens with one attached hydrogen (secondary N) is 1. The van der Waals surface area contributed by atoms with Gasteiger partial charge in [-0.2, -0.15) is 16.8 Å². The number of fused-ring (bicyclic) bond motifs is 2. The van der Waals surface area contributed by atoms with Crippen LogP contribution in [0.2, 0.25) is 0 Å². The summed E-state index contributed by atoms with van der Waals surface area (Å²) in [4.78, 5) is 25.3. The Hall–Kier alpha value is -3.32. The van der Waals surface area contributed by atoms with E-state index in [0.717, 1.165) is 6.08 Å². The molecule has 12 heteroatoms. The van der Waals surface area contributed by atoms with Gasteiger partial charge in [-0.3, -0.25) is 18.7 Å². The van der Waals surface area contributed by atoms with Crippen molar-refractivity contribution in [2.24, 2.45) is 17.6 Å². The number of rotatable bonds is 4. The van der Waals surface area contributed by atoms with Crippen LogP contribution in [-0.4, -0.2) is 37.5 Å². The molecule has 4 rings (SSSR count). The Morgan fingerprint density at radius 3 is 2.00 bits per heavy atom. The van der Waals surface area contributed by atoms with E-state index < -0.39 is 59.1 Å². The number of allylic oxidation sites excluding steroid dienone is 3. The lowest BCUT2D eigenvalue weighted by molar-refractivity contribution is 0.0785. The van der Waals surface area contributed by atoms with Gasteiger partial charge in [0, 0.05) is 22.5 Å². The second-order valence-corrected chi connectivity index (χ2v) is 10.5. The molecule has 2 aliphatic rings. The zero-order chi connectivity index (χ0) is 24.3. The standard InChI is InChI=1S/C21H18N2O8S2/c1-10-6-7-13(15(8-10)32(26,27)28)23-14-9-16(33(29,30)31)19(22)18-17(14)20(24)11-4-2-3-5-12(11)21(18)25/h2-9,17-18,23H,22H2,1H3,(H,26,27,28)(H,29,30,31). The van der Waals surface area contributed by atoms with Gasteiger partial charge >= 0.3 is 0 Å². The molecule has 2 aliphatic carbocycles. The Labute approximate surface area is 189 Å². The minimum absolute atomic E-state index is 0.0524. The fraction of sp³-hybridized carbons (Fsp3) is 0.143. The highest BCUT2D eigenvalue weighted by atomic mass is 32.2. The van der Waals surface area contributed by atoms with Gasteiger partial charge in [0.2, 0.25) is 0 Å². The zero-order valence-corrected chi connectivity index (χ0v) is 18.6. The summed E-state index contributed by atoms with van der Waals surface area (Å²) in [5.41, 5.74) is 5.77. The molecule has 0 heterocycles. The number of aryl methyl sites for hydroxylation is 1. The maximum absolute atomic E-state index is 13.3. The van der Waals surface area contributed by atoms with E-state index in [0.29, 0.717) is 5.56 Å². The Balaban J connectivity index is 1.95. The van der Waals surface area contributed by atoms with Crippen molar-refractivity contribution in [2.75, 3.05) is 5.32 Å². The Bertz CT molecular complexity index is 1500. The number of carbonyl (C=O) groups is 2. The smallest absolute Gasteiger partial charge is 0.296 e. The second-order valence-electron chi connectivity index (χ2n) is 7.72. The van der Waals surface area contributed by atoms with Crippen LogP contribution in [0.3, 0.4) is 0 Å². The Kier molecular flexibility index (Phi) is 5.28. The summed E-state index contributed by atoms with van der Waals surface area (Å²) in [7, 11) is -9.61. The number of benzene rings is 2. The maximum atomic E-state index is 13.3. The van der Waals surface area contributed by atoms with E-state index in [1.807, 2.05) is 0 Å². The van der Waals surface area contributed by atoms with Gasteiger partial charge in [0.15, 0.2) is 11.6 Å². The first-order chi connectivity index (χ1) is 15.3. The predicted molar refractivity (Wildman–Crippen MR) is 118 cm³/mol. The van der Waals surface area contributed by atoms with Gasteiger partial charge in [-0.05, 0) is 30.7 Å². The summed E-state index contributed by atoms with van der Waals surface area (Å²) < 4.78 is 67.1. The van der Waals surface area contributed by atoms with Gasteiger partial charge in [-0.25, -0.2) is 0 Å². The molecule has 5 N–H and O–H groups in total. The highest BCUT2D eigenvalue weighted by Gasteiger charge is 2.48. The average Bonchev–Trinajstić information content (AvgIpc) is 2.72. The van der Waals surface area contributed by atoms with Crippen molar-refractivity contribution >= 4 is 37.5 Å². The van der Waals surface area contributed by atoms with Gasteiger partial charge in [0.1, 0.15) is 9.80 Å². The first kappa shape index (κ1) is 22.9. The molecule has 0 saturated heterocycles. The number of ketones is 2. The quantitative estimate of drug-likeness (QED) is 0.462. The Morgan fingerprint density at radius 2 is 1.45 bits per heavy atom. The molecule has 0 spiro atoms. The van der Waals surface area contributed by atoms with E-state index in [1.165, 1.54) is 36.4 Å². The fourth-order valence-corrected chi connectivity index (χ4v) is 5.53. The van der Waals surface area contributed by atoms with Crippen molar-refractivity contribution < 1.29 is 35.5 Å². The van der Waals surface area contributed by atoms with Crippen molar-refractivity contribution in [2.45, 2.75) is 11.8 Å². The van der Waals surface area contributed by atoms with Gasteiger partial charge in [0.05, 0.1) is 17.5 Å². The van der Waals surface area contributed by atoms with Crippen molar-refractivity contribution in [1.82, 2.24) is 0 Å². The average molecular weight is 491 g/mol. The van der Waals surface area contributed by atoms with Crippen molar-refractivity contribution in [3.8, 4) is 0 Å². The molecule has 0 radical (unpaired) electrons. The highest BCUT2D eigenvalue weighted by Crippen LogP contribution is 2.43. The molecule has 2 aromatic carbocycles. The van der Waals surface area contributed by atoms with Crippen LogP contribution < -0.4 is 11.1 Å². The van der Waals surface area contributed by atoms with Gasteiger partial charge in [-0.1, -0.05) is 30.3 Å². The van der Waals surface area contributed by atoms with Crippen LogP contribution in [0, 0.1) is 18.8 Å². The normalized spacial score (nSPS) is 20.8. The van der Waals surface area contributed by atoms with Gasteiger partial charge in [0.25, 0.3) is 20.2 Å². The Morgan fingerprint density at radius 1 is 0.879 bits per heavy atom. The molecular formula is C21H18N2O8S2. The third-order valence-corrected chi connectivity index (χ3v) is 7.37. The predicted octanol–water partition coefficient (Wildman–Crippen LogP) is 1.92. The summed E-state index contributed by atoms with van der Waals surface area (Å²) >= 11 is 0. The topological polar surface area (TPSA) is 181 Å². The molecule has 10 nitrogen and oxygen atoms in total. The van der Waals surface area contributed by atoms with E-state index in [1.54, 1.807) is 13.0 Å². The SMILES string of the molecule is Cc1ccc(NC2=CC(S(=O)(=O)O)=C(N)C3C(=O)c4ccccc4C(=O)C23)c(S(=O)(=O)O)c1. The molecule has 0 fully saturated rings. The number of carbonyl (C=O) groups excluding carboxylic acids is 2. The molecule has 172 valence electrons. The molecule has 0 amide bonds. The molecule has 0 saturated carbocycles. The van der Waals surface area contributed by atoms with E-state index >= 15 is 0 Å². The van der Waals surface area contributed by atoms with Crippen LogP contribution >= 0.6 is 0 Å². The first-order valence-corrected chi connectivity index (χ1v) is 12.4. The number of Topliss-reactive ketones (excluding diaryl/α,β-unsaturated/α-hetero) is 2. The summed E-state index contributed by atoms with van der Waals surface area (Å²) in [5.74, 6) is -3.93. The maximum Gasteiger partial charge on any atom is 0.296 e. The zero-order valence-electron chi connectivity index (χ0n) is 17.0. The van der Waals surface area contributed by atoms with Crippen molar-refractivity contribution in [3.63, 3.8) is 0 Å². The largest absolute Gasteiger partial charge is 0.400 e. The third kappa shape index (κ3) is 3.86. The molecule has 0 aromatic heterocycles. The molecule has 33 heavy (non-hydrogen) atoms. The van der Waals surface area contributed by atoms with Crippen LogP contribution in [-0.2, 0) is 20.2 Å². The lowest BCUT2D eigenvalue weighted by atomic mass is 9.69. The molecular weight excluding hydrogens is 472 g/mol. The summed E-state index contributed by atoms with van der Waals surface area (Å²) in [5, 5.41) is 2.67. The molecule has 2 atom stereocenters. The fourth-order valence-electron chi connectivity index (χ4n) is 4.10. The van der Waals surface area contributed by atoms with E-state index in [4.69, 9.17) is 5.73 Å². The van der Waals surface area contributed by atoms with E-state index in [2.05, 4.69) is 5.32 Å².